The van der Waals surface area contributed by atoms with Crippen molar-refractivity contribution < 1.29 is 9.53 Å². The number of likely N-dealkylation sites (tertiary alicyclic amines) is 1. The second kappa shape index (κ2) is 10.4. The molecular weight excluding hydrogens is 494 g/mol. The van der Waals surface area contributed by atoms with Crippen molar-refractivity contribution in [1.29, 1.82) is 0 Å². The monoisotopic (exact) mass is 525 g/mol. The molecule has 0 bridgehead atoms. The van der Waals surface area contributed by atoms with Gasteiger partial charge in [-0.3, -0.25) is 18.8 Å². The Labute approximate surface area is 225 Å². The number of hydrogen-bond acceptors (Lipinski definition) is 7. The molecule has 1 aliphatic heterocycles. The second-order valence-electron chi connectivity index (χ2n) is 10.1. The highest BCUT2D eigenvalue weighted by Crippen LogP contribution is 2.29. The van der Waals surface area contributed by atoms with Crippen molar-refractivity contribution in [3.05, 3.63) is 83.6 Å². The molecule has 200 valence electrons. The fraction of sp³-hybridized carbons (Fsp3) is 0.310. The zero-order chi connectivity index (χ0) is 26.9. The standard InChI is InChI=1S/C29H31N7O3/c1-33(20-9-10-20)16-5-8-25(37)34-17-15-22(18-34)36-28-26(27(30)31-19-32-28)35(29(36)38)21-11-13-24(14-12-21)39-23-6-3-2-4-7-23/h2-8,11-14,19-20,22H,9-10,15-18H2,1H3,(H2,30,31,32)/b8-5+. The van der Waals surface area contributed by atoms with Crippen LogP contribution in [0.5, 0.6) is 11.5 Å². The lowest BCUT2D eigenvalue weighted by Crippen LogP contribution is -2.31. The first-order chi connectivity index (χ1) is 19.0. The maximum Gasteiger partial charge on any atom is 0.335 e. The van der Waals surface area contributed by atoms with E-state index in [1.807, 2.05) is 48.5 Å². The third-order valence-corrected chi connectivity index (χ3v) is 7.42. The van der Waals surface area contributed by atoms with E-state index in [9.17, 15) is 9.59 Å². The number of amides is 1. The van der Waals surface area contributed by atoms with Crippen molar-refractivity contribution in [2.75, 3.05) is 32.4 Å². The van der Waals surface area contributed by atoms with Crippen molar-refractivity contribution in [2.45, 2.75) is 31.3 Å². The predicted molar refractivity (Wildman–Crippen MR) is 149 cm³/mol. The highest BCUT2D eigenvalue weighted by Gasteiger charge is 2.31. The van der Waals surface area contributed by atoms with Crippen LogP contribution in [0.2, 0.25) is 0 Å². The van der Waals surface area contributed by atoms with E-state index in [-0.39, 0.29) is 23.5 Å². The molecule has 2 aromatic carbocycles. The van der Waals surface area contributed by atoms with Crippen molar-refractivity contribution >= 4 is 22.9 Å². The molecule has 10 heteroatoms. The molecule has 0 radical (unpaired) electrons. The molecule has 2 fully saturated rings. The van der Waals surface area contributed by atoms with Crippen LogP contribution in [-0.2, 0) is 4.79 Å². The lowest BCUT2D eigenvalue weighted by molar-refractivity contribution is -0.125. The smallest absolute Gasteiger partial charge is 0.335 e. The molecule has 1 unspecified atom stereocenters. The van der Waals surface area contributed by atoms with Gasteiger partial charge in [-0.2, -0.15) is 0 Å². The van der Waals surface area contributed by atoms with E-state index in [1.54, 1.807) is 27.7 Å². The van der Waals surface area contributed by atoms with Gasteiger partial charge in [-0.15, -0.1) is 0 Å². The lowest BCUT2D eigenvalue weighted by Gasteiger charge is -2.16. The highest BCUT2D eigenvalue weighted by atomic mass is 16.5. The number of nitrogens with zero attached hydrogens (tertiary/aromatic N) is 6. The van der Waals surface area contributed by atoms with Gasteiger partial charge in [0.15, 0.2) is 11.5 Å². The highest BCUT2D eigenvalue weighted by molar-refractivity contribution is 5.88. The molecule has 1 saturated heterocycles. The summed E-state index contributed by atoms with van der Waals surface area (Å²) in [5.74, 6) is 1.55. The van der Waals surface area contributed by atoms with Crippen LogP contribution >= 0.6 is 0 Å². The number of nitrogens with two attached hydrogens (primary N) is 1. The second-order valence-corrected chi connectivity index (χ2v) is 10.1. The number of hydrogen-bond donors (Lipinski definition) is 1. The average Bonchev–Trinajstić information content (AvgIpc) is 3.61. The molecule has 2 N–H and O–H groups in total. The summed E-state index contributed by atoms with van der Waals surface area (Å²) in [6.45, 7) is 1.75. The van der Waals surface area contributed by atoms with E-state index >= 15 is 0 Å². The van der Waals surface area contributed by atoms with Crippen molar-refractivity contribution in [3.63, 3.8) is 0 Å². The van der Waals surface area contributed by atoms with E-state index in [0.717, 1.165) is 12.3 Å². The minimum absolute atomic E-state index is 0.0402. The Morgan fingerprint density at radius 2 is 1.82 bits per heavy atom. The van der Waals surface area contributed by atoms with Crippen LogP contribution in [0.15, 0.2) is 77.9 Å². The summed E-state index contributed by atoms with van der Waals surface area (Å²) >= 11 is 0. The zero-order valence-corrected chi connectivity index (χ0v) is 21.8. The summed E-state index contributed by atoms with van der Waals surface area (Å²) in [5.41, 5.74) is 7.52. The van der Waals surface area contributed by atoms with Crippen LogP contribution < -0.4 is 16.2 Å². The molecule has 4 aromatic rings. The molecule has 6 rings (SSSR count). The maximum absolute atomic E-state index is 13.8. The van der Waals surface area contributed by atoms with Gasteiger partial charge in [0.2, 0.25) is 5.91 Å². The fourth-order valence-electron chi connectivity index (χ4n) is 5.17. The molecule has 2 aliphatic rings. The Balaban J connectivity index is 1.25. The number of imidazole rings is 1. The van der Waals surface area contributed by atoms with E-state index < -0.39 is 0 Å². The van der Waals surface area contributed by atoms with Crippen LogP contribution in [0.25, 0.3) is 16.9 Å². The first-order valence-electron chi connectivity index (χ1n) is 13.2. The van der Waals surface area contributed by atoms with Gasteiger partial charge >= 0.3 is 5.69 Å². The van der Waals surface area contributed by atoms with Gasteiger partial charge in [0, 0.05) is 31.8 Å². The third-order valence-electron chi connectivity index (χ3n) is 7.42. The minimum Gasteiger partial charge on any atom is -0.457 e. The molecule has 1 saturated carbocycles. The number of carbonyl (C=O) groups is 1. The number of likely N-dealkylation sites (N-methyl/N-ethyl adjacent to an activating group) is 1. The van der Waals surface area contributed by atoms with Crippen molar-refractivity contribution in [3.8, 4) is 17.2 Å². The first kappa shape index (κ1) is 24.9. The minimum atomic E-state index is -0.269. The van der Waals surface area contributed by atoms with Gasteiger partial charge in [0.1, 0.15) is 23.3 Å². The number of aromatic nitrogens is 4. The van der Waals surface area contributed by atoms with E-state index in [1.165, 1.54) is 23.7 Å². The van der Waals surface area contributed by atoms with Gasteiger partial charge in [-0.05, 0) is 62.7 Å². The largest absolute Gasteiger partial charge is 0.457 e. The van der Waals surface area contributed by atoms with Gasteiger partial charge in [-0.1, -0.05) is 24.3 Å². The Kier molecular flexibility index (Phi) is 6.62. The van der Waals surface area contributed by atoms with E-state index in [2.05, 4.69) is 21.9 Å². The van der Waals surface area contributed by atoms with Crippen LogP contribution in [-0.4, -0.2) is 67.5 Å². The third kappa shape index (κ3) is 5.03. The summed E-state index contributed by atoms with van der Waals surface area (Å²) in [7, 11) is 2.08. The Bertz CT molecular complexity index is 1570. The quantitative estimate of drug-likeness (QED) is 0.351. The summed E-state index contributed by atoms with van der Waals surface area (Å²) < 4.78 is 9.09. The molecule has 10 nitrogen and oxygen atoms in total. The summed E-state index contributed by atoms with van der Waals surface area (Å²) in [5, 5.41) is 0. The number of carbonyl (C=O) groups excluding carboxylic acids is 1. The number of ether oxygens (including phenoxy) is 1. The number of fused-ring (bicyclic) bond motifs is 1. The lowest BCUT2D eigenvalue weighted by atomic mass is 10.2. The summed E-state index contributed by atoms with van der Waals surface area (Å²) in [4.78, 5) is 39.3. The van der Waals surface area contributed by atoms with Gasteiger partial charge in [0.05, 0.1) is 11.7 Å². The normalized spacial score (nSPS) is 17.5. The van der Waals surface area contributed by atoms with Gasteiger partial charge in [-0.25, -0.2) is 14.8 Å². The topological polar surface area (TPSA) is 112 Å². The number of rotatable bonds is 8. The summed E-state index contributed by atoms with van der Waals surface area (Å²) in [6, 6.07) is 17.1. The first-order valence-corrected chi connectivity index (χ1v) is 13.2. The molecule has 39 heavy (non-hydrogen) atoms. The molecule has 2 aromatic heterocycles. The van der Waals surface area contributed by atoms with Crippen LogP contribution in [0.3, 0.4) is 0 Å². The Hall–Kier alpha value is -4.44. The average molecular weight is 526 g/mol. The maximum atomic E-state index is 13.8. The van der Waals surface area contributed by atoms with E-state index in [4.69, 9.17) is 10.5 Å². The van der Waals surface area contributed by atoms with Crippen LogP contribution in [0.4, 0.5) is 5.82 Å². The number of anilines is 1. The van der Waals surface area contributed by atoms with Crippen molar-refractivity contribution in [1.82, 2.24) is 28.9 Å². The molecule has 3 heterocycles. The van der Waals surface area contributed by atoms with E-state index in [0.29, 0.717) is 48.2 Å². The van der Waals surface area contributed by atoms with Gasteiger partial charge in [0.25, 0.3) is 0 Å². The number of para-hydroxylation sites is 1. The molecular formula is C29H31N7O3. The molecule has 1 aliphatic carbocycles. The zero-order valence-electron chi connectivity index (χ0n) is 21.8. The molecule has 0 spiro atoms. The number of nitrogen functional groups attached to an aromatic ring is 1. The number of benzene rings is 2. The van der Waals surface area contributed by atoms with Crippen LogP contribution in [0, 0.1) is 0 Å². The van der Waals surface area contributed by atoms with Crippen molar-refractivity contribution in [2.24, 2.45) is 0 Å². The predicted octanol–water partition coefficient (Wildman–Crippen LogP) is 3.38. The summed E-state index contributed by atoms with van der Waals surface area (Å²) in [6.07, 6.45) is 8.04. The molecule has 1 amide bonds. The Morgan fingerprint density at radius 3 is 2.56 bits per heavy atom. The SMILES string of the molecule is CN(C/C=C/C(=O)N1CCC(n2c(=O)n(-c3ccc(Oc4ccccc4)cc3)c3c(N)ncnc32)C1)C1CC1. The van der Waals surface area contributed by atoms with Gasteiger partial charge < -0.3 is 15.4 Å². The molecule has 1 atom stereocenters. The van der Waals surface area contributed by atoms with Crippen LogP contribution in [0.1, 0.15) is 25.3 Å². The fourth-order valence-corrected chi connectivity index (χ4v) is 5.17. The Morgan fingerprint density at radius 1 is 1.08 bits per heavy atom.